The summed E-state index contributed by atoms with van der Waals surface area (Å²) in [7, 11) is 0. The van der Waals surface area contributed by atoms with Gasteiger partial charge in [-0.25, -0.2) is 15.0 Å². The Morgan fingerprint density at radius 1 is 1.59 bits per heavy atom. The van der Waals surface area contributed by atoms with E-state index in [1.807, 2.05) is 24.3 Å². The van der Waals surface area contributed by atoms with E-state index >= 15 is 0 Å². The van der Waals surface area contributed by atoms with E-state index in [0.29, 0.717) is 5.82 Å². The summed E-state index contributed by atoms with van der Waals surface area (Å²) < 4.78 is 2.11. The molecular formula is C13H12BrN5O3. The van der Waals surface area contributed by atoms with Gasteiger partial charge >= 0.3 is 5.82 Å². The van der Waals surface area contributed by atoms with Gasteiger partial charge in [-0.15, -0.1) is 0 Å². The average Bonchev–Trinajstić information content (AvgIpc) is 2.80. The van der Waals surface area contributed by atoms with Crippen molar-refractivity contribution < 1.29 is 9.72 Å². The SMILES string of the molecule is Cc1ncc([N+](=O)[O-])n1CC(=O)N/N=C\c1cccc(Br)c1. The van der Waals surface area contributed by atoms with Gasteiger partial charge in [0.2, 0.25) is 0 Å². The second-order valence-corrected chi connectivity index (χ2v) is 5.27. The van der Waals surface area contributed by atoms with Gasteiger partial charge in [-0.1, -0.05) is 28.1 Å². The molecule has 2 aromatic rings. The van der Waals surface area contributed by atoms with Crippen LogP contribution < -0.4 is 5.43 Å². The van der Waals surface area contributed by atoms with Gasteiger partial charge in [0, 0.05) is 11.4 Å². The summed E-state index contributed by atoms with van der Waals surface area (Å²) in [6.07, 6.45) is 2.60. The number of nitrogens with one attached hydrogen (secondary N) is 1. The number of amides is 1. The highest BCUT2D eigenvalue weighted by Crippen LogP contribution is 2.13. The molecule has 1 N–H and O–H groups in total. The highest BCUT2D eigenvalue weighted by Gasteiger charge is 2.19. The van der Waals surface area contributed by atoms with Crippen LogP contribution in [0, 0.1) is 17.0 Å². The van der Waals surface area contributed by atoms with E-state index in [0.717, 1.165) is 16.2 Å². The third kappa shape index (κ3) is 3.98. The number of halogens is 1. The highest BCUT2D eigenvalue weighted by molar-refractivity contribution is 9.10. The Balaban J connectivity index is 1.99. The number of benzene rings is 1. The van der Waals surface area contributed by atoms with Crippen molar-refractivity contribution in [3.63, 3.8) is 0 Å². The molecule has 1 amide bonds. The molecule has 1 aromatic carbocycles. The van der Waals surface area contributed by atoms with Crippen LogP contribution in [0.25, 0.3) is 0 Å². The van der Waals surface area contributed by atoms with Crippen molar-refractivity contribution in [3.8, 4) is 0 Å². The van der Waals surface area contributed by atoms with Gasteiger partial charge in [-0.3, -0.25) is 4.79 Å². The first-order valence-corrected chi connectivity index (χ1v) is 7.00. The molecule has 9 heteroatoms. The summed E-state index contributed by atoms with van der Waals surface area (Å²) >= 11 is 3.33. The van der Waals surface area contributed by atoms with Gasteiger partial charge in [-0.2, -0.15) is 5.10 Å². The van der Waals surface area contributed by atoms with Gasteiger partial charge < -0.3 is 10.1 Å². The minimum Gasteiger partial charge on any atom is -0.358 e. The molecule has 0 fully saturated rings. The minimum atomic E-state index is -0.585. The maximum absolute atomic E-state index is 11.8. The van der Waals surface area contributed by atoms with Gasteiger partial charge in [-0.05, 0) is 22.6 Å². The Kier molecular flexibility index (Phi) is 4.99. The number of carbonyl (C=O) groups excluding carboxylic acids is 1. The van der Waals surface area contributed by atoms with Crippen molar-refractivity contribution in [3.05, 3.63) is 56.4 Å². The van der Waals surface area contributed by atoms with Crippen LogP contribution in [-0.4, -0.2) is 26.6 Å². The lowest BCUT2D eigenvalue weighted by Gasteiger charge is -2.01. The Hall–Kier alpha value is -2.55. The number of hydrogen-bond donors (Lipinski definition) is 1. The lowest BCUT2D eigenvalue weighted by atomic mass is 10.2. The molecule has 0 saturated carbocycles. The summed E-state index contributed by atoms with van der Waals surface area (Å²) in [6.45, 7) is 1.36. The van der Waals surface area contributed by atoms with Crippen molar-refractivity contribution >= 4 is 33.9 Å². The molecule has 1 aromatic heterocycles. The van der Waals surface area contributed by atoms with Crippen LogP contribution in [-0.2, 0) is 11.3 Å². The number of hydrazone groups is 1. The van der Waals surface area contributed by atoms with Crippen LogP contribution in [0.2, 0.25) is 0 Å². The summed E-state index contributed by atoms with van der Waals surface area (Å²) in [5.74, 6) is -0.322. The van der Waals surface area contributed by atoms with Crippen LogP contribution >= 0.6 is 15.9 Å². The predicted molar refractivity (Wildman–Crippen MR) is 83.5 cm³/mol. The molecule has 114 valence electrons. The normalized spacial score (nSPS) is 10.8. The second kappa shape index (κ2) is 6.94. The van der Waals surface area contributed by atoms with Crippen LogP contribution in [0.3, 0.4) is 0 Å². The van der Waals surface area contributed by atoms with Crippen LogP contribution in [0.4, 0.5) is 5.82 Å². The summed E-state index contributed by atoms with van der Waals surface area (Å²) in [5, 5.41) is 14.6. The molecule has 0 saturated heterocycles. The van der Waals surface area contributed by atoms with E-state index in [2.05, 4.69) is 31.4 Å². The fraction of sp³-hybridized carbons (Fsp3) is 0.154. The van der Waals surface area contributed by atoms with Crippen LogP contribution in [0.5, 0.6) is 0 Å². The lowest BCUT2D eigenvalue weighted by molar-refractivity contribution is -0.392. The number of carbonyl (C=O) groups is 1. The molecule has 8 nitrogen and oxygen atoms in total. The number of imidazole rings is 1. The molecular weight excluding hydrogens is 354 g/mol. The highest BCUT2D eigenvalue weighted by atomic mass is 79.9. The van der Waals surface area contributed by atoms with Crippen LogP contribution in [0.15, 0.2) is 40.0 Å². The third-order valence-electron chi connectivity index (χ3n) is 2.77. The maximum Gasteiger partial charge on any atom is 0.343 e. The number of hydrogen-bond acceptors (Lipinski definition) is 5. The predicted octanol–water partition coefficient (Wildman–Crippen LogP) is 2.01. The van der Waals surface area contributed by atoms with Gasteiger partial charge in [0.15, 0.2) is 12.4 Å². The zero-order chi connectivity index (χ0) is 16.1. The number of nitro groups is 1. The summed E-state index contributed by atoms with van der Waals surface area (Å²) in [4.78, 5) is 25.9. The van der Waals surface area contributed by atoms with Gasteiger partial charge in [0.25, 0.3) is 5.91 Å². The molecule has 1 heterocycles. The van der Waals surface area contributed by atoms with Crippen LogP contribution in [0.1, 0.15) is 11.4 Å². The topological polar surface area (TPSA) is 102 Å². The smallest absolute Gasteiger partial charge is 0.343 e. The number of aryl methyl sites for hydroxylation is 1. The molecule has 0 radical (unpaired) electrons. The van der Waals surface area contributed by atoms with E-state index in [1.165, 1.54) is 10.8 Å². The molecule has 0 spiro atoms. The van der Waals surface area contributed by atoms with E-state index < -0.39 is 10.8 Å². The first-order valence-electron chi connectivity index (χ1n) is 6.21. The van der Waals surface area contributed by atoms with Gasteiger partial charge in [0.05, 0.1) is 6.21 Å². The largest absolute Gasteiger partial charge is 0.358 e. The van der Waals surface area contributed by atoms with Crippen molar-refractivity contribution in [1.82, 2.24) is 15.0 Å². The second-order valence-electron chi connectivity index (χ2n) is 4.36. The number of rotatable bonds is 5. The average molecular weight is 366 g/mol. The third-order valence-corrected chi connectivity index (χ3v) is 3.27. The van der Waals surface area contributed by atoms with Crippen molar-refractivity contribution in [2.75, 3.05) is 0 Å². The minimum absolute atomic E-state index is 0.224. The molecule has 22 heavy (non-hydrogen) atoms. The zero-order valence-electron chi connectivity index (χ0n) is 11.6. The first kappa shape index (κ1) is 15.8. The summed E-state index contributed by atoms with van der Waals surface area (Å²) in [5.41, 5.74) is 3.13. The molecule has 0 aliphatic heterocycles. The van der Waals surface area contributed by atoms with E-state index in [4.69, 9.17) is 0 Å². The van der Waals surface area contributed by atoms with Crippen molar-refractivity contribution in [1.29, 1.82) is 0 Å². The Bertz CT molecular complexity index is 741. The van der Waals surface area contributed by atoms with Gasteiger partial charge in [0.1, 0.15) is 6.20 Å². The maximum atomic E-state index is 11.8. The number of nitrogens with zero attached hydrogens (tertiary/aromatic N) is 4. The molecule has 0 bridgehead atoms. The zero-order valence-corrected chi connectivity index (χ0v) is 13.1. The Morgan fingerprint density at radius 2 is 2.36 bits per heavy atom. The van der Waals surface area contributed by atoms with Crippen molar-refractivity contribution in [2.45, 2.75) is 13.5 Å². The quantitative estimate of drug-likeness (QED) is 0.497. The van der Waals surface area contributed by atoms with E-state index in [1.54, 1.807) is 6.92 Å². The molecule has 2 rings (SSSR count). The first-order chi connectivity index (χ1) is 10.5. The van der Waals surface area contributed by atoms with E-state index in [9.17, 15) is 14.9 Å². The molecule has 0 atom stereocenters. The van der Waals surface area contributed by atoms with Crippen molar-refractivity contribution in [2.24, 2.45) is 5.10 Å². The van der Waals surface area contributed by atoms with E-state index in [-0.39, 0.29) is 12.4 Å². The molecule has 0 aliphatic rings. The monoisotopic (exact) mass is 365 g/mol. The standard InChI is InChI=1S/C13H12BrN5O3/c1-9-15-7-13(19(21)22)18(9)8-12(20)17-16-6-10-3-2-4-11(14)5-10/h2-7H,8H2,1H3,(H,17,20)/b16-6-. The Morgan fingerprint density at radius 3 is 3.05 bits per heavy atom. The summed E-state index contributed by atoms with van der Waals surface area (Å²) in [6, 6.07) is 7.37. The number of aromatic nitrogens is 2. The lowest BCUT2D eigenvalue weighted by Crippen LogP contribution is -2.24. The molecule has 0 unspecified atom stereocenters. The molecule has 0 aliphatic carbocycles. The Labute approximate surface area is 134 Å². The fourth-order valence-electron chi connectivity index (χ4n) is 1.74. The fourth-order valence-corrected chi connectivity index (χ4v) is 2.16.